The lowest BCUT2D eigenvalue weighted by molar-refractivity contribution is 0.726. The van der Waals surface area contributed by atoms with Crippen molar-refractivity contribution in [1.82, 2.24) is 0 Å². The van der Waals surface area contributed by atoms with E-state index in [1.165, 1.54) is 6.04 Å². The van der Waals surface area contributed by atoms with Crippen LogP contribution < -0.4 is 0 Å². The summed E-state index contributed by atoms with van der Waals surface area (Å²) >= 11 is 0. The zero-order valence-corrected chi connectivity index (χ0v) is 11.2. The van der Waals surface area contributed by atoms with Gasteiger partial charge >= 0.3 is 0 Å². The minimum absolute atomic E-state index is 0.109. The van der Waals surface area contributed by atoms with Crippen LogP contribution in [0.1, 0.15) is 13.8 Å². The summed E-state index contributed by atoms with van der Waals surface area (Å²) in [5.41, 5.74) is 0. The summed E-state index contributed by atoms with van der Waals surface area (Å²) in [7, 11) is -0.939. The van der Waals surface area contributed by atoms with Gasteiger partial charge in [0.1, 0.15) is 0 Å². The molecule has 0 nitrogen and oxygen atoms in total. The molecule has 0 spiro atoms. The Morgan fingerprint density at radius 3 is 1.55 bits per heavy atom. The van der Waals surface area contributed by atoms with E-state index in [4.69, 9.17) is 0 Å². The van der Waals surface area contributed by atoms with Crippen LogP contribution in [0.15, 0.2) is 0 Å². The second-order valence-corrected chi connectivity index (χ2v) is 14.4. The van der Waals surface area contributed by atoms with Crippen LogP contribution in [0.4, 0.5) is 0 Å². The van der Waals surface area contributed by atoms with Crippen LogP contribution in [0, 0.1) is 0 Å². The molecular formula is C9H23Si2. The van der Waals surface area contributed by atoms with Crippen LogP contribution in [0.3, 0.4) is 0 Å². The van der Waals surface area contributed by atoms with Crippen LogP contribution in [0.2, 0.25) is 43.8 Å². The van der Waals surface area contributed by atoms with Gasteiger partial charge in [-0.05, 0) is 5.04 Å². The lowest BCUT2D eigenvalue weighted by Gasteiger charge is -2.34. The van der Waals surface area contributed by atoms with Crippen molar-refractivity contribution in [3.05, 3.63) is 0 Å². The molecule has 0 aliphatic heterocycles. The third-order valence-corrected chi connectivity index (χ3v) is 7.51. The average molecular weight is 187 g/mol. The maximum absolute atomic E-state index is 2.47. The first-order valence-corrected chi connectivity index (χ1v) is 10.7. The molecule has 0 unspecified atom stereocenters. The molecule has 0 N–H and O–H groups in total. The van der Waals surface area contributed by atoms with Crippen molar-refractivity contribution in [1.29, 1.82) is 0 Å². The Morgan fingerprint density at radius 1 is 1.09 bits per heavy atom. The van der Waals surface area contributed by atoms with Crippen LogP contribution in [-0.2, 0) is 0 Å². The summed E-state index contributed by atoms with van der Waals surface area (Å²) < 4.78 is 0. The largest absolute Gasteiger partial charge is 0.0709 e. The first kappa shape index (κ1) is 11.4. The third-order valence-electron chi connectivity index (χ3n) is 2.33. The highest BCUT2D eigenvalue weighted by molar-refractivity contribution is 6.78. The van der Waals surface area contributed by atoms with Crippen molar-refractivity contribution in [2.45, 2.75) is 57.7 Å². The van der Waals surface area contributed by atoms with Gasteiger partial charge in [0.15, 0.2) is 0 Å². The van der Waals surface area contributed by atoms with Crippen molar-refractivity contribution in [2.24, 2.45) is 0 Å². The molecule has 1 radical (unpaired) electrons. The lowest BCUT2D eigenvalue weighted by Crippen LogP contribution is -2.31. The standard InChI is InChI=1S/C9H23Si2/c1-9(2,10(3)4)8-11(5,6)7/h8H2,1-7H3. The molecule has 0 aromatic carbocycles. The van der Waals surface area contributed by atoms with E-state index in [0.29, 0.717) is 5.04 Å². The highest BCUT2D eigenvalue weighted by Gasteiger charge is 2.29. The molecular weight excluding hydrogens is 164 g/mol. The van der Waals surface area contributed by atoms with Gasteiger partial charge in [-0.2, -0.15) is 0 Å². The number of hydrogen-bond acceptors (Lipinski definition) is 0. The zero-order chi connectivity index (χ0) is 9.28. The summed E-state index contributed by atoms with van der Waals surface area (Å²) in [5.74, 6) is 0. The molecule has 0 heterocycles. The van der Waals surface area contributed by atoms with Gasteiger partial charge in [-0.25, -0.2) is 0 Å². The molecule has 2 heteroatoms. The highest BCUT2D eigenvalue weighted by atomic mass is 28.3. The molecule has 0 rings (SSSR count). The fraction of sp³-hybridized carbons (Fsp3) is 1.00. The molecule has 0 aliphatic rings. The smallest absolute Gasteiger partial charge is 0.0470 e. The van der Waals surface area contributed by atoms with Gasteiger partial charge in [0.25, 0.3) is 0 Å². The van der Waals surface area contributed by atoms with Crippen LogP contribution in [-0.4, -0.2) is 16.9 Å². The average Bonchev–Trinajstić information content (AvgIpc) is 1.56. The van der Waals surface area contributed by atoms with E-state index >= 15 is 0 Å². The minimum Gasteiger partial charge on any atom is -0.0709 e. The topological polar surface area (TPSA) is 0 Å². The van der Waals surface area contributed by atoms with Crippen molar-refractivity contribution >= 4 is 16.9 Å². The van der Waals surface area contributed by atoms with Crippen molar-refractivity contribution in [3.8, 4) is 0 Å². The quantitative estimate of drug-likeness (QED) is 0.589. The van der Waals surface area contributed by atoms with Crippen molar-refractivity contribution < 1.29 is 0 Å². The van der Waals surface area contributed by atoms with Gasteiger partial charge in [0.05, 0.1) is 0 Å². The predicted molar refractivity (Wildman–Crippen MR) is 59.7 cm³/mol. The lowest BCUT2D eigenvalue weighted by atomic mass is 10.2. The van der Waals surface area contributed by atoms with E-state index in [1.54, 1.807) is 0 Å². The van der Waals surface area contributed by atoms with E-state index in [0.717, 1.165) is 0 Å². The monoisotopic (exact) mass is 187 g/mol. The Labute approximate surface area is 75.0 Å². The van der Waals surface area contributed by atoms with Gasteiger partial charge in [-0.3, -0.25) is 0 Å². The number of rotatable bonds is 3. The van der Waals surface area contributed by atoms with Gasteiger partial charge in [-0.15, -0.1) is 0 Å². The Bertz CT molecular complexity index is 120. The molecule has 0 amide bonds. The Hall–Kier alpha value is 0.434. The van der Waals surface area contributed by atoms with Gasteiger partial charge < -0.3 is 0 Å². The Balaban J connectivity index is 4.13. The third kappa shape index (κ3) is 4.80. The van der Waals surface area contributed by atoms with Gasteiger partial charge in [-0.1, -0.05) is 52.6 Å². The molecule has 0 aromatic heterocycles. The van der Waals surface area contributed by atoms with E-state index in [1.807, 2.05) is 0 Å². The maximum Gasteiger partial charge on any atom is 0.0470 e. The normalized spacial score (nSPS) is 14.2. The Kier molecular flexibility index (Phi) is 3.57. The molecule has 0 fully saturated rings. The summed E-state index contributed by atoms with van der Waals surface area (Å²) in [6, 6.07) is 1.49. The highest BCUT2D eigenvalue weighted by Crippen LogP contribution is 2.37. The van der Waals surface area contributed by atoms with Gasteiger partial charge in [0.2, 0.25) is 0 Å². The second-order valence-electron chi connectivity index (χ2n) is 5.62. The van der Waals surface area contributed by atoms with Crippen molar-refractivity contribution in [2.75, 3.05) is 0 Å². The fourth-order valence-corrected chi connectivity index (χ4v) is 7.16. The van der Waals surface area contributed by atoms with E-state index in [-0.39, 0.29) is 8.80 Å². The predicted octanol–water partition coefficient (Wildman–Crippen LogP) is 3.86. The first-order chi connectivity index (χ1) is 4.65. The minimum atomic E-state index is -0.830. The van der Waals surface area contributed by atoms with Gasteiger partial charge in [0, 0.05) is 16.9 Å². The molecule has 0 aliphatic carbocycles. The SMILES string of the molecule is C[Si](C)C(C)(C)C[Si](C)(C)C. The molecule has 67 valence electrons. The van der Waals surface area contributed by atoms with E-state index in [2.05, 4.69) is 46.6 Å². The fourth-order valence-electron chi connectivity index (χ4n) is 1.50. The molecule has 11 heavy (non-hydrogen) atoms. The van der Waals surface area contributed by atoms with E-state index < -0.39 is 8.07 Å². The molecule has 0 atom stereocenters. The zero-order valence-electron chi connectivity index (χ0n) is 9.21. The van der Waals surface area contributed by atoms with E-state index in [9.17, 15) is 0 Å². The summed E-state index contributed by atoms with van der Waals surface area (Å²) in [6.07, 6.45) is 0. The maximum atomic E-state index is 2.47. The molecule has 0 saturated heterocycles. The summed E-state index contributed by atoms with van der Waals surface area (Å²) in [6.45, 7) is 17.2. The molecule has 0 aromatic rings. The summed E-state index contributed by atoms with van der Waals surface area (Å²) in [5, 5.41) is 0.648. The number of hydrogen-bond donors (Lipinski definition) is 0. The molecule has 0 saturated carbocycles. The van der Waals surface area contributed by atoms with Crippen LogP contribution >= 0.6 is 0 Å². The van der Waals surface area contributed by atoms with Crippen LogP contribution in [0.25, 0.3) is 0 Å². The first-order valence-electron chi connectivity index (χ1n) is 4.46. The molecule has 0 bridgehead atoms. The van der Waals surface area contributed by atoms with Crippen LogP contribution in [0.5, 0.6) is 0 Å². The van der Waals surface area contributed by atoms with Crippen molar-refractivity contribution in [3.63, 3.8) is 0 Å². The summed E-state index contributed by atoms with van der Waals surface area (Å²) in [4.78, 5) is 0. The second kappa shape index (κ2) is 3.44. The Morgan fingerprint density at radius 2 is 1.45 bits per heavy atom.